The molecule has 1 N–H and O–H groups in total. The number of carbonyl (C=O) groups is 1. The molecule has 5 nitrogen and oxygen atoms in total. The van der Waals surface area contributed by atoms with Crippen LogP contribution < -0.4 is 15.5 Å². The maximum absolute atomic E-state index is 13.5. The van der Waals surface area contributed by atoms with Crippen molar-refractivity contribution in [2.45, 2.75) is 47.6 Å². The second-order valence-electron chi connectivity index (χ2n) is 9.08. The predicted molar refractivity (Wildman–Crippen MR) is 142 cm³/mol. The van der Waals surface area contributed by atoms with Crippen molar-refractivity contribution < 1.29 is 13.9 Å². The molecule has 0 saturated heterocycles. The number of carbonyl (C=O) groups excluding carboxylic acids is 1. The molecule has 0 radical (unpaired) electrons. The Morgan fingerprint density at radius 1 is 0.914 bits per heavy atom. The molecule has 0 fully saturated rings. The van der Waals surface area contributed by atoms with Gasteiger partial charge in [-0.3, -0.25) is 9.59 Å². The third-order valence-electron chi connectivity index (χ3n) is 6.03. The number of benzene rings is 3. The average molecular weight is 490 g/mol. The summed E-state index contributed by atoms with van der Waals surface area (Å²) >= 11 is 6.29. The number of rotatable bonds is 5. The van der Waals surface area contributed by atoms with Crippen molar-refractivity contribution in [3.63, 3.8) is 0 Å². The summed E-state index contributed by atoms with van der Waals surface area (Å²) in [6, 6.07) is 14.9. The lowest BCUT2D eigenvalue weighted by molar-refractivity contribution is -0.122. The van der Waals surface area contributed by atoms with Gasteiger partial charge in [0, 0.05) is 16.3 Å². The predicted octanol–water partition coefficient (Wildman–Crippen LogP) is 7.06. The van der Waals surface area contributed by atoms with Gasteiger partial charge in [-0.15, -0.1) is 0 Å². The highest BCUT2D eigenvalue weighted by Gasteiger charge is 2.24. The normalized spacial score (nSPS) is 12.0. The summed E-state index contributed by atoms with van der Waals surface area (Å²) in [6.07, 6.45) is -0.958. The Morgan fingerprint density at radius 3 is 2.17 bits per heavy atom. The molecule has 0 spiro atoms. The summed E-state index contributed by atoms with van der Waals surface area (Å²) in [5, 5.41) is 3.70. The van der Waals surface area contributed by atoms with Gasteiger partial charge in [-0.25, -0.2) is 0 Å². The van der Waals surface area contributed by atoms with Crippen molar-refractivity contribution in [3.05, 3.63) is 91.6 Å². The summed E-state index contributed by atoms with van der Waals surface area (Å²) in [7, 11) is 0. The highest BCUT2D eigenvalue weighted by atomic mass is 35.5. The van der Waals surface area contributed by atoms with Gasteiger partial charge >= 0.3 is 0 Å². The summed E-state index contributed by atoms with van der Waals surface area (Å²) in [6.45, 7) is 11.3. The van der Waals surface area contributed by atoms with Crippen molar-refractivity contribution in [1.82, 2.24) is 0 Å². The molecule has 1 atom stereocenters. The Hall–Kier alpha value is -3.57. The fourth-order valence-corrected chi connectivity index (χ4v) is 4.30. The number of hydrogen-bond donors (Lipinski definition) is 1. The lowest BCUT2D eigenvalue weighted by atomic mass is 10.0. The van der Waals surface area contributed by atoms with E-state index in [1.165, 1.54) is 0 Å². The molecule has 0 aliphatic heterocycles. The average Bonchev–Trinajstić information content (AvgIpc) is 2.79. The van der Waals surface area contributed by atoms with Gasteiger partial charge in [0.2, 0.25) is 11.2 Å². The van der Waals surface area contributed by atoms with E-state index in [1.807, 2.05) is 71.0 Å². The van der Waals surface area contributed by atoms with Crippen LogP contribution in [0.25, 0.3) is 22.3 Å². The molecule has 0 aliphatic rings. The first-order valence-corrected chi connectivity index (χ1v) is 11.8. The van der Waals surface area contributed by atoms with Crippen LogP contribution in [0.1, 0.15) is 34.7 Å². The van der Waals surface area contributed by atoms with Crippen molar-refractivity contribution in [3.8, 4) is 17.1 Å². The topological polar surface area (TPSA) is 68.5 Å². The van der Waals surface area contributed by atoms with E-state index in [-0.39, 0.29) is 22.8 Å². The number of halogens is 1. The Morgan fingerprint density at radius 2 is 1.54 bits per heavy atom. The number of hydrogen-bond acceptors (Lipinski definition) is 4. The first-order chi connectivity index (χ1) is 16.5. The van der Waals surface area contributed by atoms with Crippen LogP contribution in [0.15, 0.2) is 57.7 Å². The molecule has 1 heterocycles. The molecular weight excluding hydrogens is 462 g/mol. The zero-order chi connectivity index (χ0) is 25.4. The van der Waals surface area contributed by atoms with Crippen LogP contribution in [-0.4, -0.2) is 12.0 Å². The largest absolute Gasteiger partial charge is 0.473 e. The van der Waals surface area contributed by atoms with Gasteiger partial charge < -0.3 is 14.5 Å². The monoisotopic (exact) mass is 489 g/mol. The van der Waals surface area contributed by atoms with Gasteiger partial charge in [-0.05, 0) is 70.4 Å². The molecule has 0 bridgehead atoms. The molecule has 0 saturated carbocycles. The van der Waals surface area contributed by atoms with Crippen LogP contribution in [-0.2, 0) is 4.79 Å². The van der Waals surface area contributed by atoms with E-state index in [9.17, 15) is 9.59 Å². The molecule has 1 unspecified atom stereocenters. The van der Waals surface area contributed by atoms with Crippen molar-refractivity contribution >= 4 is 34.2 Å². The van der Waals surface area contributed by atoms with E-state index in [0.717, 1.165) is 33.5 Å². The number of nitrogens with one attached hydrogen (secondary N) is 1. The zero-order valence-corrected chi connectivity index (χ0v) is 21.5. The Labute approximate surface area is 209 Å². The maximum atomic E-state index is 13.5. The Bertz CT molecular complexity index is 1480. The quantitative estimate of drug-likeness (QED) is 0.325. The maximum Gasteiger partial charge on any atom is 0.265 e. The second-order valence-corrected chi connectivity index (χ2v) is 9.48. The van der Waals surface area contributed by atoms with Gasteiger partial charge in [0.15, 0.2) is 11.9 Å². The first-order valence-electron chi connectivity index (χ1n) is 11.4. The number of fused-ring (bicyclic) bond motifs is 1. The fraction of sp³-hybridized carbons (Fsp3) is 0.241. The van der Waals surface area contributed by atoms with Gasteiger partial charge in [-0.1, -0.05) is 59.1 Å². The second kappa shape index (κ2) is 9.59. The minimum absolute atomic E-state index is 0.0266. The summed E-state index contributed by atoms with van der Waals surface area (Å²) in [5.41, 5.74) is 6.33. The third-order valence-corrected chi connectivity index (χ3v) is 6.44. The SMILES string of the molecule is Cc1ccc(-c2oc3cc(C)c(Cl)cc3c(=O)c2OC(C)C(=O)Nc2c(C)cc(C)cc2C)cc1. The van der Waals surface area contributed by atoms with Crippen LogP contribution >= 0.6 is 11.6 Å². The minimum atomic E-state index is -0.958. The molecule has 35 heavy (non-hydrogen) atoms. The highest BCUT2D eigenvalue weighted by molar-refractivity contribution is 6.32. The molecule has 0 aliphatic carbocycles. The number of aryl methyl sites for hydroxylation is 5. The highest BCUT2D eigenvalue weighted by Crippen LogP contribution is 2.33. The van der Waals surface area contributed by atoms with Crippen molar-refractivity contribution in [2.75, 3.05) is 5.32 Å². The van der Waals surface area contributed by atoms with E-state index in [4.69, 9.17) is 20.8 Å². The molecule has 1 amide bonds. The number of ether oxygens (including phenoxy) is 1. The van der Waals surface area contributed by atoms with E-state index >= 15 is 0 Å². The van der Waals surface area contributed by atoms with Gasteiger partial charge in [0.25, 0.3) is 5.91 Å². The first kappa shape index (κ1) is 24.6. The molecule has 4 aromatic rings. The molecule has 180 valence electrons. The van der Waals surface area contributed by atoms with E-state index in [2.05, 4.69) is 5.32 Å². The molecule has 4 rings (SSSR count). The van der Waals surface area contributed by atoms with Crippen LogP contribution in [0.4, 0.5) is 5.69 Å². The zero-order valence-electron chi connectivity index (χ0n) is 20.7. The lowest BCUT2D eigenvalue weighted by Gasteiger charge is -2.19. The van der Waals surface area contributed by atoms with Crippen LogP contribution in [0, 0.1) is 34.6 Å². The van der Waals surface area contributed by atoms with Gasteiger partial charge in [0.05, 0.1) is 5.39 Å². The van der Waals surface area contributed by atoms with Crippen LogP contribution in [0.5, 0.6) is 5.75 Å². The molecular formula is C29H28ClNO4. The van der Waals surface area contributed by atoms with Crippen LogP contribution in [0.3, 0.4) is 0 Å². The van der Waals surface area contributed by atoms with E-state index in [0.29, 0.717) is 21.6 Å². The summed E-state index contributed by atoms with van der Waals surface area (Å²) in [4.78, 5) is 26.6. The standard InChI is InChI=1S/C29H28ClNO4/c1-15-7-9-21(10-8-15)27-28(26(32)22-14-23(30)17(3)13-24(22)35-27)34-20(6)29(33)31-25-18(4)11-16(2)12-19(25)5/h7-14,20H,1-6H3,(H,31,33). The van der Waals surface area contributed by atoms with Gasteiger partial charge in [-0.2, -0.15) is 0 Å². The third kappa shape index (κ3) is 4.96. The molecule has 3 aromatic carbocycles. The van der Waals surface area contributed by atoms with Crippen LogP contribution in [0.2, 0.25) is 5.02 Å². The van der Waals surface area contributed by atoms with Crippen molar-refractivity contribution in [1.29, 1.82) is 0 Å². The number of anilines is 1. The van der Waals surface area contributed by atoms with Gasteiger partial charge in [0.1, 0.15) is 5.58 Å². The lowest BCUT2D eigenvalue weighted by Crippen LogP contribution is -2.32. The smallest absolute Gasteiger partial charge is 0.265 e. The molecule has 1 aromatic heterocycles. The van der Waals surface area contributed by atoms with E-state index in [1.54, 1.807) is 19.1 Å². The summed E-state index contributed by atoms with van der Waals surface area (Å²) in [5.74, 6) is -0.121. The Balaban J connectivity index is 1.77. The Kier molecular flexibility index (Phi) is 6.73. The summed E-state index contributed by atoms with van der Waals surface area (Å²) < 4.78 is 12.2. The minimum Gasteiger partial charge on any atom is -0.473 e. The number of amides is 1. The molecule has 6 heteroatoms. The fourth-order valence-electron chi connectivity index (χ4n) is 4.13. The van der Waals surface area contributed by atoms with E-state index < -0.39 is 6.10 Å². The van der Waals surface area contributed by atoms with Crippen molar-refractivity contribution in [2.24, 2.45) is 0 Å².